The molecule has 0 bridgehead atoms. The van der Waals surface area contributed by atoms with E-state index in [1.807, 2.05) is 38.2 Å². The van der Waals surface area contributed by atoms with Gasteiger partial charge in [-0.05, 0) is 26.1 Å². The molecule has 1 amide bonds. The molecule has 1 fully saturated rings. The number of carbonyl (C=O) groups excluding carboxylic acids is 1. The van der Waals surface area contributed by atoms with Crippen LogP contribution in [0.5, 0.6) is 0 Å². The van der Waals surface area contributed by atoms with Gasteiger partial charge in [0.25, 0.3) is 0 Å². The van der Waals surface area contributed by atoms with Crippen molar-refractivity contribution in [1.29, 1.82) is 0 Å². The van der Waals surface area contributed by atoms with Crippen LogP contribution in [0.15, 0.2) is 24.3 Å². The quantitative estimate of drug-likeness (QED) is 0.867. The summed E-state index contributed by atoms with van der Waals surface area (Å²) in [4.78, 5) is 14.1. The van der Waals surface area contributed by atoms with Gasteiger partial charge in [-0.3, -0.25) is 4.79 Å². The molecule has 2 N–H and O–H groups in total. The molecule has 2 atom stereocenters. The van der Waals surface area contributed by atoms with E-state index in [4.69, 9.17) is 11.6 Å². The molecule has 4 nitrogen and oxygen atoms in total. The molecule has 1 saturated heterocycles. The first-order valence-corrected chi connectivity index (χ1v) is 6.47. The van der Waals surface area contributed by atoms with Crippen molar-refractivity contribution >= 4 is 23.2 Å². The van der Waals surface area contributed by atoms with E-state index in [-0.39, 0.29) is 18.0 Å². The first-order valence-electron chi connectivity index (χ1n) is 6.09. The lowest BCUT2D eigenvalue weighted by Crippen LogP contribution is -2.62. The second-order valence-electron chi connectivity index (χ2n) is 4.59. The molecule has 2 unspecified atom stereocenters. The molecule has 98 valence electrons. The summed E-state index contributed by atoms with van der Waals surface area (Å²) in [5.74, 6) is 0.0445. The van der Waals surface area contributed by atoms with Gasteiger partial charge in [0.1, 0.15) is 6.04 Å². The van der Waals surface area contributed by atoms with Gasteiger partial charge in [0, 0.05) is 19.1 Å². The number of likely N-dealkylation sites (N-methyl/N-ethyl adjacent to an activating group) is 1. The van der Waals surface area contributed by atoms with Gasteiger partial charge in [0.05, 0.1) is 10.7 Å². The van der Waals surface area contributed by atoms with Crippen LogP contribution in [0, 0.1) is 0 Å². The molecule has 0 saturated carbocycles. The lowest BCUT2D eigenvalue weighted by Gasteiger charge is -2.40. The largest absolute Gasteiger partial charge is 0.355 e. The molecule has 0 radical (unpaired) electrons. The van der Waals surface area contributed by atoms with E-state index in [1.54, 1.807) is 0 Å². The van der Waals surface area contributed by atoms with E-state index < -0.39 is 0 Å². The second kappa shape index (κ2) is 5.59. The molecule has 18 heavy (non-hydrogen) atoms. The van der Waals surface area contributed by atoms with Crippen molar-refractivity contribution in [2.45, 2.75) is 19.0 Å². The first-order chi connectivity index (χ1) is 8.63. The lowest BCUT2D eigenvalue weighted by molar-refractivity contribution is -0.124. The van der Waals surface area contributed by atoms with Crippen LogP contribution in [0.25, 0.3) is 0 Å². The van der Waals surface area contributed by atoms with E-state index in [0.717, 1.165) is 12.2 Å². The third kappa shape index (κ3) is 2.60. The Morgan fingerprint density at radius 2 is 2.22 bits per heavy atom. The van der Waals surface area contributed by atoms with Crippen molar-refractivity contribution < 1.29 is 4.79 Å². The highest BCUT2D eigenvalue weighted by Gasteiger charge is 2.33. The van der Waals surface area contributed by atoms with Crippen molar-refractivity contribution in [3.8, 4) is 0 Å². The van der Waals surface area contributed by atoms with Gasteiger partial charge < -0.3 is 15.5 Å². The zero-order chi connectivity index (χ0) is 13.1. The number of amides is 1. The van der Waals surface area contributed by atoms with Crippen molar-refractivity contribution in [1.82, 2.24) is 10.6 Å². The van der Waals surface area contributed by atoms with Crippen LogP contribution in [0.1, 0.15) is 6.92 Å². The number of anilines is 1. The molecule has 5 heteroatoms. The molecular formula is C13H18ClN3O. The standard InChI is InChI=1S/C13H18ClN3O/c1-9-8-17(11-6-4-3-5-10(11)14)12(7-15-2)13(18)16-9/h3-6,9,12,15H,7-8H2,1-2H3,(H,16,18). The number of hydrogen-bond acceptors (Lipinski definition) is 3. The van der Waals surface area contributed by atoms with Crippen molar-refractivity contribution in [3.05, 3.63) is 29.3 Å². The predicted molar refractivity (Wildman–Crippen MR) is 74.1 cm³/mol. The Hall–Kier alpha value is -1.26. The van der Waals surface area contributed by atoms with E-state index in [1.165, 1.54) is 0 Å². The van der Waals surface area contributed by atoms with Crippen LogP contribution in [-0.2, 0) is 4.79 Å². The first kappa shape index (κ1) is 13.2. The van der Waals surface area contributed by atoms with E-state index >= 15 is 0 Å². The molecular weight excluding hydrogens is 250 g/mol. The van der Waals surface area contributed by atoms with Gasteiger partial charge in [-0.25, -0.2) is 0 Å². The zero-order valence-corrected chi connectivity index (χ0v) is 11.4. The van der Waals surface area contributed by atoms with Gasteiger partial charge in [0.15, 0.2) is 0 Å². The number of halogens is 1. The smallest absolute Gasteiger partial charge is 0.244 e. The number of benzene rings is 1. The predicted octanol–water partition coefficient (Wildman–Crippen LogP) is 1.25. The highest BCUT2D eigenvalue weighted by molar-refractivity contribution is 6.33. The molecule has 1 aliphatic heterocycles. The van der Waals surface area contributed by atoms with E-state index in [2.05, 4.69) is 15.5 Å². The molecule has 0 aliphatic carbocycles. The molecule has 1 aromatic carbocycles. The van der Waals surface area contributed by atoms with Crippen LogP contribution in [0.4, 0.5) is 5.69 Å². The summed E-state index contributed by atoms with van der Waals surface area (Å²) < 4.78 is 0. The summed E-state index contributed by atoms with van der Waals surface area (Å²) in [6.07, 6.45) is 0. The van der Waals surface area contributed by atoms with E-state index in [9.17, 15) is 4.79 Å². The van der Waals surface area contributed by atoms with Crippen LogP contribution in [0.3, 0.4) is 0 Å². The van der Waals surface area contributed by atoms with E-state index in [0.29, 0.717) is 11.6 Å². The Balaban J connectivity index is 2.32. The third-order valence-electron chi connectivity index (χ3n) is 3.10. The summed E-state index contributed by atoms with van der Waals surface area (Å²) in [5, 5.41) is 6.71. The summed E-state index contributed by atoms with van der Waals surface area (Å²) in [6, 6.07) is 7.55. The average molecular weight is 268 g/mol. The molecule has 0 spiro atoms. The number of nitrogens with one attached hydrogen (secondary N) is 2. The Morgan fingerprint density at radius 1 is 1.50 bits per heavy atom. The number of carbonyl (C=O) groups is 1. The third-order valence-corrected chi connectivity index (χ3v) is 3.42. The number of para-hydroxylation sites is 1. The number of piperazine rings is 1. The van der Waals surface area contributed by atoms with Crippen molar-refractivity contribution in [3.63, 3.8) is 0 Å². The lowest BCUT2D eigenvalue weighted by atomic mass is 10.1. The van der Waals surface area contributed by atoms with Gasteiger partial charge in [-0.15, -0.1) is 0 Å². The maximum Gasteiger partial charge on any atom is 0.244 e. The SMILES string of the molecule is CNCC1C(=O)NC(C)CN1c1ccccc1Cl. The van der Waals surface area contributed by atoms with Gasteiger partial charge >= 0.3 is 0 Å². The normalized spacial score (nSPS) is 23.9. The van der Waals surface area contributed by atoms with Gasteiger partial charge in [-0.2, -0.15) is 0 Å². The molecule has 1 heterocycles. The monoisotopic (exact) mass is 267 g/mol. The number of rotatable bonds is 3. The van der Waals surface area contributed by atoms with Crippen LogP contribution >= 0.6 is 11.6 Å². The highest BCUT2D eigenvalue weighted by Crippen LogP contribution is 2.28. The zero-order valence-electron chi connectivity index (χ0n) is 10.6. The molecule has 2 rings (SSSR count). The Bertz CT molecular complexity index is 438. The number of nitrogens with zero attached hydrogens (tertiary/aromatic N) is 1. The minimum Gasteiger partial charge on any atom is -0.355 e. The topological polar surface area (TPSA) is 44.4 Å². The highest BCUT2D eigenvalue weighted by atomic mass is 35.5. The molecule has 1 aliphatic rings. The van der Waals surface area contributed by atoms with Gasteiger partial charge in [-0.1, -0.05) is 23.7 Å². The summed E-state index contributed by atoms with van der Waals surface area (Å²) in [6.45, 7) is 3.36. The molecule has 0 aromatic heterocycles. The van der Waals surface area contributed by atoms with Crippen molar-refractivity contribution in [2.75, 3.05) is 25.0 Å². The average Bonchev–Trinajstić information content (AvgIpc) is 2.33. The van der Waals surface area contributed by atoms with Gasteiger partial charge in [0.2, 0.25) is 5.91 Å². The fraction of sp³-hybridized carbons (Fsp3) is 0.462. The van der Waals surface area contributed by atoms with Crippen LogP contribution in [-0.4, -0.2) is 38.1 Å². The minimum atomic E-state index is -0.217. The Morgan fingerprint density at radius 3 is 2.89 bits per heavy atom. The summed E-state index contributed by atoms with van der Waals surface area (Å²) >= 11 is 6.22. The maximum absolute atomic E-state index is 12.1. The second-order valence-corrected chi connectivity index (χ2v) is 4.99. The number of hydrogen-bond donors (Lipinski definition) is 2. The Labute approximate surface area is 112 Å². The van der Waals surface area contributed by atoms with Crippen molar-refractivity contribution in [2.24, 2.45) is 0 Å². The summed E-state index contributed by atoms with van der Waals surface area (Å²) in [5.41, 5.74) is 0.918. The van der Waals surface area contributed by atoms with Crippen LogP contribution in [0.2, 0.25) is 5.02 Å². The Kier molecular flexibility index (Phi) is 4.09. The maximum atomic E-state index is 12.1. The molecule has 1 aromatic rings. The summed E-state index contributed by atoms with van der Waals surface area (Å²) in [7, 11) is 1.84. The minimum absolute atomic E-state index is 0.0445. The fourth-order valence-corrected chi connectivity index (χ4v) is 2.54. The van der Waals surface area contributed by atoms with Crippen LogP contribution < -0.4 is 15.5 Å². The fourth-order valence-electron chi connectivity index (χ4n) is 2.30.